The second-order valence-corrected chi connectivity index (χ2v) is 6.28. The summed E-state index contributed by atoms with van der Waals surface area (Å²) in [6.07, 6.45) is 0.512. The maximum absolute atomic E-state index is 12.8. The van der Waals surface area contributed by atoms with Gasteiger partial charge in [0.1, 0.15) is 0 Å². The molecule has 3 aromatic carbocycles. The standard InChI is InChI=1S/C23H21NO3/c25-16-19(15-17-9-3-1-4-10-17)24-23(27)21-14-8-7-13-20(21)22(26)18-11-5-2-6-12-18/h1-14,19,25H,15-16H2,(H,24,27). The van der Waals surface area contributed by atoms with Gasteiger partial charge >= 0.3 is 0 Å². The van der Waals surface area contributed by atoms with Crippen molar-refractivity contribution in [1.29, 1.82) is 0 Å². The van der Waals surface area contributed by atoms with Gasteiger partial charge in [-0.25, -0.2) is 0 Å². The normalized spacial score (nSPS) is 11.6. The topological polar surface area (TPSA) is 66.4 Å². The molecule has 3 rings (SSSR count). The largest absolute Gasteiger partial charge is 0.394 e. The maximum Gasteiger partial charge on any atom is 0.252 e. The Hall–Kier alpha value is -3.24. The Morgan fingerprint density at radius 3 is 1.96 bits per heavy atom. The van der Waals surface area contributed by atoms with E-state index in [0.717, 1.165) is 5.56 Å². The third-order valence-electron chi connectivity index (χ3n) is 4.33. The number of nitrogens with one attached hydrogen (secondary N) is 1. The van der Waals surface area contributed by atoms with Crippen LogP contribution < -0.4 is 5.32 Å². The van der Waals surface area contributed by atoms with E-state index in [1.807, 2.05) is 36.4 Å². The van der Waals surface area contributed by atoms with E-state index in [1.165, 1.54) is 0 Å². The van der Waals surface area contributed by atoms with Crippen molar-refractivity contribution >= 4 is 11.7 Å². The van der Waals surface area contributed by atoms with Crippen LogP contribution in [0.5, 0.6) is 0 Å². The van der Waals surface area contributed by atoms with Crippen LogP contribution in [0.2, 0.25) is 0 Å². The molecule has 4 nitrogen and oxygen atoms in total. The Morgan fingerprint density at radius 1 is 0.778 bits per heavy atom. The molecule has 0 radical (unpaired) electrons. The first-order chi connectivity index (χ1) is 13.2. The minimum atomic E-state index is -0.431. The molecular weight excluding hydrogens is 338 g/mol. The molecule has 136 valence electrons. The molecule has 1 atom stereocenters. The van der Waals surface area contributed by atoms with Crippen molar-refractivity contribution in [2.75, 3.05) is 6.61 Å². The predicted molar refractivity (Wildman–Crippen MR) is 105 cm³/mol. The van der Waals surface area contributed by atoms with E-state index in [0.29, 0.717) is 23.1 Å². The van der Waals surface area contributed by atoms with Crippen LogP contribution in [-0.4, -0.2) is 29.4 Å². The highest BCUT2D eigenvalue weighted by Gasteiger charge is 2.20. The molecule has 0 aromatic heterocycles. The van der Waals surface area contributed by atoms with Gasteiger partial charge in [-0.1, -0.05) is 78.9 Å². The maximum atomic E-state index is 12.8. The molecule has 0 heterocycles. The van der Waals surface area contributed by atoms with Gasteiger partial charge in [0.25, 0.3) is 5.91 Å². The molecule has 27 heavy (non-hydrogen) atoms. The second-order valence-electron chi connectivity index (χ2n) is 6.28. The summed E-state index contributed by atoms with van der Waals surface area (Å²) in [5.41, 5.74) is 2.20. The fourth-order valence-corrected chi connectivity index (χ4v) is 2.95. The first-order valence-electron chi connectivity index (χ1n) is 8.83. The average Bonchev–Trinajstić information content (AvgIpc) is 2.74. The molecule has 0 aliphatic carbocycles. The Labute approximate surface area is 158 Å². The lowest BCUT2D eigenvalue weighted by molar-refractivity contribution is 0.0908. The number of benzene rings is 3. The van der Waals surface area contributed by atoms with Gasteiger partial charge in [0.05, 0.1) is 18.2 Å². The van der Waals surface area contributed by atoms with Crippen LogP contribution in [0.4, 0.5) is 0 Å². The molecule has 0 fully saturated rings. The van der Waals surface area contributed by atoms with Gasteiger partial charge in [-0.05, 0) is 18.1 Å². The van der Waals surface area contributed by atoms with Crippen molar-refractivity contribution in [3.63, 3.8) is 0 Å². The quantitative estimate of drug-likeness (QED) is 0.637. The molecule has 0 aliphatic rings. The van der Waals surface area contributed by atoms with Crippen LogP contribution in [-0.2, 0) is 6.42 Å². The van der Waals surface area contributed by atoms with Gasteiger partial charge in [-0.2, -0.15) is 0 Å². The Bertz CT molecular complexity index is 907. The molecule has 0 saturated heterocycles. The van der Waals surface area contributed by atoms with Crippen molar-refractivity contribution in [3.05, 3.63) is 107 Å². The number of hydrogen-bond donors (Lipinski definition) is 2. The third kappa shape index (κ3) is 4.68. The van der Waals surface area contributed by atoms with E-state index in [-0.39, 0.29) is 18.3 Å². The summed E-state index contributed by atoms with van der Waals surface area (Å²) < 4.78 is 0. The number of aliphatic hydroxyl groups is 1. The molecule has 0 bridgehead atoms. The highest BCUT2D eigenvalue weighted by atomic mass is 16.3. The van der Waals surface area contributed by atoms with Gasteiger partial charge in [-0.3, -0.25) is 9.59 Å². The van der Waals surface area contributed by atoms with E-state index < -0.39 is 6.04 Å². The van der Waals surface area contributed by atoms with Gasteiger partial charge in [0.15, 0.2) is 5.78 Å². The van der Waals surface area contributed by atoms with E-state index >= 15 is 0 Å². The summed E-state index contributed by atoms with van der Waals surface area (Å²) in [6.45, 7) is -0.185. The van der Waals surface area contributed by atoms with Gasteiger partial charge in [0.2, 0.25) is 0 Å². The van der Waals surface area contributed by atoms with E-state index in [2.05, 4.69) is 5.32 Å². The summed E-state index contributed by atoms with van der Waals surface area (Å²) in [6, 6.07) is 24.8. The van der Waals surface area contributed by atoms with Gasteiger partial charge in [0, 0.05) is 11.1 Å². The van der Waals surface area contributed by atoms with E-state index in [9.17, 15) is 14.7 Å². The number of carbonyl (C=O) groups is 2. The zero-order valence-corrected chi connectivity index (χ0v) is 14.8. The Kier molecular flexibility index (Phi) is 6.13. The number of hydrogen-bond acceptors (Lipinski definition) is 3. The lowest BCUT2D eigenvalue weighted by Crippen LogP contribution is -2.39. The lowest BCUT2D eigenvalue weighted by atomic mass is 9.97. The van der Waals surface area contributed by atoms with Gasteiger partial charge < -0.3 is 10.4 Å². The fourth-order valence-electron chi connectivity index (χ4n) is 2.95. The minimum Gasteiger partial charge on any atom is -0.394 e. The first-order valence-corrected chi connectivity index (χ1v) is 8.83. The Morgan fingerprint density at radius 2 is 1.33 bits per heavy atom. The zero-order chi connectivity index (χ0) is 19.1. The molecule has 2 N–H and O–H groups in total. The van der Waals surface area contributed by atoms with Gasteiger partial charge in [-0.15, -0.1) is 0 Å². The summed E-state index contributed by atoms with van der Waals surface area (Å²) in [4.78, 5) is 25.6. The minimum absolute atomic E-state index is 0.185. The monoisotopic (exact) mass is 359 g/mol. The van der Waals surface area contributed by atoms with E-state index in [1.54, 1.807) is 48.5 Å². The van der Waals surface area contributed by atoms with Crippen LogP contribution in [0.1, 0.15) is 31.8 Å². The van der Waals surface area contributed by atoms with Crippen molar-refractivity contribution in [2.24, 2.45) is 0 Å². The molecule has 0 spiro atoms. The number of amides is 1. The zero-order valence-electron chi connectivity index (χ0n) is 14.8. The number of rotatable bonds is 7. The first kappa shape index (κ1) is 18.5. The summed E-state index contributed by atoms with van der Waals surface area (Å²) >= 11 is 0. The van der Waals surface area contributed by atoms with Crippen LogP contribution in [0.25, 0.3) is 0 Å². The van der Waals surface area contributed by atoms with Crippen molar-refractivity contribution in [3.8, 4) is 0 Å². The highest BCUT2D eigenvalue weighted by molar-refractivity contribution is 6.15. The summed E-state index contributed by atoms with van der Waals surface area (Å²) in [5, 5.41) is 12.5. The molecule has 4 heteroatoms. The fraction of sp³-hybridized carbons (Fsp3) is 0.130. The molecule has 1 unspecified atom stereocenters. The second kappa shape index (κ2) is 8.92. The summed E-state index contributed by atoms with van der Waals surface area (Å²) in [5.74, 6) is -0.574. The molecule has 0 saturated carbocycles. The molecule has 0 aliphatic heterocycles. The van der Waals surface area contributed by atoms with Crippen molar-refractivity contribution in [1.82, 2.24) is 5.32 Å². The van der Waals surface area contributed by atoms with Crippen molar-refractivity contribution in [2.45, 2.75) is 12.5 Å². The van der Waals surface area contributed by atoms with Crippen LogP contribution in [0, 0.1) is 0 Å². The SMILES string of the molecule is O=C(NC(CO)Cc1ccccc1)c1ccccc1C(=O)c1ccccc1. The van der Waals surface area contributed by atoms with Crippen LogP contribution in [0.3, 0.4) is 0 Å². The summed E-state index contributed by atoms with van der Waals surface area (Å²) in [7, 11) is 0. The molecular formula is C23H21NO3. The average molecular weight is 359 g/mol. The third-order valence-corrected chi connectivity index (χ3v) is 4.33. The lowest BCUT2D eigenvalue weighted by Gasteiger charge is -2.17. The smallest absolute Gasteiger partial charge is 0.252 e. The number of carbonyl (C=O) groups excluding carboxylic acids is 2. The Balaban J connectivity index is 1.79. The van der Waals surface area contributed by atoms with Crippen molar-refractivity contribution < 1.29 is 14.7 Å². The number of ketones is 1. The molecule has 3 aromatic rings. The number of aliphatic hydroxyl groups excluding tert-OH is 1. The van der Waals surface area contributed by atoms with E-state index in [4.69, 9.17) is 0 Å². The van der Waals surface area contributed by atoms with Crippen LogP contribution >= 0.6 is 0 Å². The molecule has 1 amide bonds. The van der Waals surface area contributed by atoms with Crippen LogP contribution in [0.15, 0.2) is 84.9 Å². The predicted octanol–water partition coefficient (Wildman–Crippen LogP) is 3.25. The highest BCUT2D eigenvalue weighted by Crippen LogP contribution is 2.15.